The molecule has 0 spiro atoms. The van der Waals surface area contributed by atoms with Crippen molar-refractivity contribution in [3.8, 4) is 22.8 Å². The summed E-state index contributed by atoms with van der Waals surface area (Å²) in [6.07, 6.45) is 1.50. The minimum absolute atomic E-state index is 0.255. The maximum absolute atomic E-state index is 12.2. The van der Waals surface area contributed by atoms with Gasteiger partial charge in [-0.2, -0.15) is 10.2 Å². The molecule has 0 atom stereocenters. The summed E-state index contributed by atoms with van der Waals surface area (Å²) in [7, 11) is 3.10. The van der Waals surface area contributed by atoms with Crippen LogP contribution in [0, 0.1) is 0 Å². The summed E-state index contributed by atoms with van der Waals surface area (Å²) < 4.78 is 10.4. The Hall–Kier alpha value is -3.03. The third-order valence-corrected chi connectivity index (χ3v) is 4.56. The van der Waals surface area contributed by atoms with Crippen LogP contribution in [0.4, 0.5) is 0 Å². The first-order valence-corrected chi connectivity index (χ1v) is 8.83. The lowest BCUT2D eigenvalue weighted by Crippen LogP contribution is -2.18. The van der Waals surface area contributed by atoms with Gasteiger partial charge in [-0.05, 0) is 42.0 Å². The van der Waals surface area contributed by atoms with Crippen molar-refractivity contribution in [1.82, 2.24) is 15.6 Å². The normalized spacial score (nSPS) is 10.9. The molecule has 1 aromatic heterocycles. The Morgan fingerprint density at radius 1 is 1.07 bits per heavy atom. The molecule has 0 bridgehead atoms. The van der Waals surface area contributed by atoms with E-state index in [9.17, 15) is 4.79 Å². The van der Waals surface area contributed by atoms with E-state index >= 15 is 0 Å². The van der Waals surface area contributed by atoms with Crippen molar-refractivity contribution in [2.24, 2.45) is 5.10 Å². The second-order valence-electron chi connectivity index (χ2n) is 5.61. The first kappa shape index (κ1) is 19.7. The van der Waals surface area contributed by atoms with E-state index in [1.54, 1.807) is 56.7 Å². The van der Waals surface area contributed by atoms with Gasteiger partial charge in [0.05, 0.1) is 36.2 Å². The molecule has 28 heavy (non-hydrogen) atoms. The third-order valence-electron chi connectivity index (χ3n) is 3.83. The van der Waals surface area contributed by atoms with Gasteiger partial charge in [0.25, 0.3) is 5.91 Å². The van der Waals surface area contributed by atoms with Crippen LogP contribution in [0.2, 0.25) is 10.0 Å². The summed E-state index contributed by atoms with van der Waals surface area (Å²) in [4.78, 5) is 12.2. The zero-order chi connectivity index (χ0) is 20.1. The topological polar surface area (TPSA) is 88.6 Å². The van der Waals surface area contributed by atoms with Crippen LogP contribution in [0.25, 0.3) is 11.3 Å². The van der Waals surface area contributed by atoms with Crippen molar-refractivity contribution in [3.63, 3.8) is 0 Å². The van der Waals surface area contributed by atoms with Gasteiger partial charge in [0, 0.05) is 5.56 Å². The molecule has 0 radical (unpaired) electrons. The van der Waals surface area contributed by atoms with Gasteiger partial charge in [0.1, 0.15) is 5.69 Å². The lowest BCUT2D eigenvalue weighted by Gasteiger charge is -2.07. The summed E-state index contributed by atoms with van der Waals surface area (Å²) in [6.45, 7) is 0. The number of carbonyl (C=O) groups is 1. The molecular formula is C19H16Cl2N4O3. The second-order valence-corrected chi connectivity index (χ2v) is 6.42. The van der Waals surface area contributed by atoms with E-state index in [4.69, 9.17) is 32.7 Å². The Morgan fingerprint density at radius 3 is 2.57 bits per heavy atom. The highest BCUT2D eigenvalue weighted by Crippen LogP contribution is 2.28. The van der Waals surface area contributed by atoms with E-state index < -0.39 is 5.91 Å². The number of halogens is 2. The molecule has 2 aromatic carbocycles. The average molecular weight is 419 g/mol. The molecule has 9 heteroatoms. The van der Waals surface area contributed by atoms with Gasteiger partial charge in [-0.15, -0.1) is 0 Å². The first-order chi connectivity index (χ1) is 13.5. The lowest BCUT2D eigenvalue weighted by molar-refractivity contribution is 0.0950. The van der Waals surface area contributed by atoms with E-state index in [2.05, 4.69) is 20.7 Å². The van der Waals surface area contributed by atoms with Crippen molar-refractivity contribution in [2.75, 3.05) is 14.2 Å². The summed E-state index contributed by atoms with van der Waals surface area (Å²) in [5, 5.41) is 11.6. The Labute approximate surface area is 171 Å². The fourth-order valence-electron chi connectivity index (χ4n) is 2.40. The third kappa shape index (κ3) is 4.44. The van der Waals surface area contributed by atoms with Gasteiger partial charge in [-0.25, -0.2) is 5.43 Å². The number of nitrogens with zero attached hydrogens (tertiary/aromatic N) is 2. The molecule has 1 amide bonds. The zero-order valence-electron chi connectivity index (χ0n) is 15.0. The van der Waals surface area contributed by atoms with E-state index in [0.29, 0.717) is 27.2 Å². The molecule has 3 rings (SSSR count). The number of aromatic amines is 1. The van der Waals surface area contributed by atoms with Gasteiger partial charge in [-0.3, -0.25) is 9.89 Å². The molecular weight excluding hydrogens is 403 g/mol. The number of methoxy groups -OCH3 is 2. The number of rotatable bonds is 6. The molecule has 0 aliphatic heterocycles. The molecule has 0 aliphatic rings. The number of ether oxygens (including phenoxy) is 2. The van der Waals surface area contributed by atoms with Crippen LogP contribution in [0.5, 0.6) is 11.5 Å². The second kappa shape index (κ2) is 8.77. The highest BCUT2D eigenvalue weighted by Gasteiger charge is 2.11. The fraction of sp³-hybridized carbons (Fsp3) is 0.105. The number of hydrogen-bond acceptors (Lipinski definition) is 5. The van der Waals surface area contributed by atoms with Crippen LogP contribution in [-0.4, -0.2) is 36.5 Å². The molecule has 2 N–H and O–H groups in total. The fourth-order valence-corrected chi connectivity index (χ4v) is 2.70. The summed E-state index contributed by atoms with van der Waals surface area (Å²) >= 11 is 11.9. The Balaban J connectivity index is 1.68. The van der Waals surface area contributed by atoms with Crippen LogP contribution in [-0.2, 0) is 0 Å². The maximum Gasteiger partial charge on any atom is 0.289 e. The molecule has 7 nitrogen and oxygen atoms in total. The number of benzene rings is 2. The number of carbonyl (C=O) groups excluding carboxylic acids is 1. The highest BCUT2D eigenvalue weighted by molar-refractivity contribution is 6.42. The van der Waals surface area contributed by atoms with Crippen LogP contribution >= 0.6 is 23.2 Å². The largest absolute Gasteiger partial charge is 0.493 e. The van der Waals surface area contributed by atoms with Crippen molar-refractivity contribution >= 4 is 35.3 Å². The highest BCUT2D eigenvalue weighted by atomic mass is 35.5. The lowest BCUT2D eigenvalue weighted by atomic mass is 10.1. The minimum Gasteiger partial charge on any atom is -0.493 e. The first-order valence-electron chi connectivity index (χ1n) is 8.08. The number of hydrazone groups is 1. The molecule has 1 heterocycles. The van der Waals surface area contributed by atoms with E-state index in [1.165, 1.54) is 6.21 Å². The van der Waals surface area contributed by atoms with E-state index in [0.717, 1.165) is 11.1 Å². The number of aromatic nitrogens is 2. The summed E-state index contributed by atoms with van der Waals surface area (Å²) in [5.41, 5.74) is 4.73. The van der Waals surface area contributed by atoms with Crippen molar-refractivity contribution in [1.29, 1.82) is 0 Å². The molecule has 0 saturated heterocycles. The zero-order valence-corrected chi connectivity index (χ0v) is 16.5. The van der Waals surface area contributed by atoms with Crippen LogP contribution in [0.1, 0.15) is 16.1 Å². The minimum atomic E-state index is -0.435. The van der Waals surface area contributed by atoms with Crippen molar-refractivity contribution < 1.29 is 14.3 Å². The smallest absolute Gasteiger partial charge is 0.289 e. The Bertz CT molecular complexity index is 1030. The Kier molecular flexibility index (Phi) is 6.18. The molecule has 3 aromatic rings. The van der Waals surface area contributed by atoms with E-state index in [-0.39, 0.29) is 5.69 Å². The van der Waals surface area contributed by atoms with Crippen LogP contribution < -0.4 is 14.9 Å². The van der Waals surface area contributed by atoms with Crippen molar-refractivity contribution in [3.05, 3.63) is 63.8 Å². The molecule has 0 aliphatic carbocycles. The molecule has 0 unspecified atom stereocenters. The molecule has 0 saturated carbocycles. The average Bonchev–Trinajstić information content (AvgIpc) is 3.20. The number of hydrogen-bond donors (Lipinski definition) is 2. The standard InChI is InChI=1S/C19H16Cl2N4O3/c1-27-17-6-3-11(7-18(17)28-2)10-22-25-19(26)16-9-15(23-24-16)12-4-5-13(20)14(21)8-12/h3-10H,1-2H3,(H,23,24)(H,25,26)/b22-10+. The van der Waals surface area contributed by atoms with Gasteiger partial charge >= 0.3 is 0 Å². The van der Waals surface area contributed by atoms with Crippen LogP contribution in [0.3, 0.4) is 0 Å². The van der Waals surface area contributed by atoms with Gasteiger partial charge in [0.2, 0.25) is 0 Å². The predicted octanol–water partition coefficient (Wildman–Crippen LogP) is 4.16. The number of H-pyrrole nitrogens is 1. The monoisotopic (exact) mass is 418 g/mol. The SMILES string of the molecule is COc1ccc(/C=N/NC(=O)c2cc(-c3ccc(Cl)c(Cl)c3)n[nH]2)cc1OC. The number of amides is 1. The molecule has 0 fully saturated rings. The van der Waals surface area contributed by atoms with Crippen LogP contribution in [0.15, 0.2) is 47.6 Å². The van der Waals surface area contributed by atoms with Crippen molar-refractivity contribution in [2.45, 2.75) is 0 Å². The van der Waals surface area contributed by atoms with Gasteiger partial charge < -0.3 is 9.47 Å². The molecule has 144 valence electrons. The number of nitrogens with one attached hydrogen (secondary N) is 2. The van der Waals surface area contributed by atoms with Gasteiger partial charge in [0.15, 0.2) is 11.5 Å². The van der Waals surface area contributed by atoms with E-state index in [1.807, 2.05) is 0 Å². The summed E-state index contributed by atoms with van der Waals surface area (Å²) in [5.74, 6) is 0.740. The summed E-state index contributed by atoms with van der Waals surface area (Å²) in [6, 6.07) is 12.0. The Morgan fingerprint density at radius 2 is 1.86 bits per heavy atom. The quantitative estimate of drug-likeness (QED) is 0.464. The predicted molar refractivity (Wildman–Crippen MR) is 109 cm³/mol. The maximum atomic E-state index is 12.2. The van der Waals surface area contributed by atoms with Gasteiger partial charge in [-0.1, -0.05) is 29.3 Å².